The number of aliphatic hydroxyl groups is 1. The Bertz CT molecular complexity index is 2500. The zero-order valence-corrected chi connectivity index (χ0v) is 41.3. The lowest BCUT2D eigenvalue weighted by molar-refractivity contribution is -0.275. The van der Waals surface area contributed by atoms with E-state index in [1.165, 1.54) is 41.5 Å². The number of nitrogens with zero attached hydrogens (tertiary/aromatic N) is 3. The molecule has 1 heterocycles. The lowest BCUT2D eigenvalue weighted by Crippen LogP contribution is -2.65. The van der Waals surface area contributed by atoms with Crippen molar-refractivity contribution in [3.05, 3.63) is 101 Å². The Morgan fingerprint density at radius 3 is 2.01 bits per heavy atom. The molecule has 2 N–H and O–H groups in total. The predicted molar refractivity (Wildman–Crippen MR) is 246 cm³/mol. The summed E-state index contributed by atoms with van der Waals surface area (Å²) in [6.07, 6.45) is -5.78. The van der Waals surface area contributed by atoms with Gasteiger partial charge in [0.1, 0.15) is 40.6 Å². The zero-order valence-electron chi connectivity index (χ0n) is 40.3. The minimum Gasteiger partial charge on any atom is -0.508 e. The van der Waals surface area contributed by atoms with Gasteiger partial charge in [-0.15, -0.1) is 26.3 Å². The summed E-state index contributed by atoms with van der Waals surface area (Å²) in [5.41, 5.74) is -7.08. The molecule has 15 nitrogen and oxygen atoms in total. The number of rotatable bonds is 12. The summed E-state index contributed by atoms with van der Waals surface area (Å²) in [4.78, 5) is 60.9. The van der Waals surface area contributed by atoms with Gasteiger partial charge in [-0.1, -0.05) is 63.3 Å². The molecule has 6 rings (SSSR count). The highest BCUT2D eigenvalue weighted by molar-refractivity contribution is 6.74. The quantitative estimate of drug-likeness (QED) is 0.129. The zero-order chi connectivity index (χ0) is 50.7. The van der Waals surface area contributed by atoms with Gasteiger partial charge in [0.25, 0.3) is 5.88 Å². The second kappa shape index (κ2) is 18.2. The number of imide groups is 1. The summed E-state index contributed by atoms with van der Waals surface area (Å²) in [6.45, 7) is 26.4. The fourth-order valence-corrected chi connectivity index (χ4v) is 10.2. The van der Waals surface area contributed by atoms with Gasteiger partial charge in [0, 0.05) is 36.2 Å². The summed E-state index contributed by atoms with van der Waals surface area (Å²) in [5, 5.41) is 28.9. The molecule has 2 amide bonds. The van der Waals surface area contributed by atoms with Gasteiger partial charge >= 0.3 is 18.5 Å². The molecule has 19 heteroatoms. The van der Waals surface area contributed by atoms with Gasteiger partial charge in [-0.3, -0.25) is 14.5 Å². The molecule has 1 unspecified atom stereocenters. The van der Waals surface area contributed by atoms with E-state index in [9.17, 15) is 33.0 Å². The molecule has 0 fully saturated rings. The summed E-state index contributed by atoms with van der Waals surface area (Å²) in [6, 6.07) is 8.67. The predicted octanol–water partition coefficient (Wildman–Crippen LogP) is 11.1. The third kappa shape index (κ3) is 9.83. The number of phenols is 1. The largest absolute Gasteiger partial charge is 0.573 e. The van der Waals surface area contributed by atoms with Crippen LogP contribution in [0, 0.1) is 11.8 Å². The Kier molecular flexibility index (Phi) is 13.8. The first-order valence-corrected chi connectivity index (χ1v) is 25.0. The van der Waals surface area contributed by atoms with Crippen molar-refractivity contribution in [3.63, 3.8) is 0 Å². The van der Waals surface area contributed by atoms with Gasteiger partial charge < -0.3 is 38.1 Å². The normalized spacial score (nSPS) is 20.7. The summed E-state index contributed by atoms with van der Waals surface area (Å²) >= 11 is 0. The number of phenolic OH excluding ortho intramolecular Hbond substituents is 1. The first-order chi connectivity index (χ1) is 31.4. The maximum Gasteiger partial charge on any atom is 0.573 e. The van der Waals surface area contributed by atoms with Gasteiger partial charge in [-0.05, 0) is 89.2 Å². The van der Waals surface area contributed by atoms with Crippen molar-refractivity contribution in [2.45, 2.75) is 129 Å². The molecule has 0 bridgehead atoms. The van der Waals surface area contributed by atoms with Gasteiger partial charge in [0.2, 0.25) is 5.78 Å². The summed E-state index contributed by atoms with van der Waals surface area (Å²) in [5.74, 6) is -7.50. The fourth-order valence-electron chi connectivity index (χ4n) is 8.71. The van der Waals surface area contributed by atoms with E-state index < -0.39 is 124 Å². The molecule has 4 atom stereocenters. The van der Waals surface area contributed by atoms with Gasteiger partial charge in [-0.2, -0.15) is 4.90 Å². The van der Waals surface area contributed by atoms with E-state index in [0.717, 1.165) is 5.56 Å². The Morgan fingerprint density at radius 1 is 0.926 bits per heavy atom. The Hall–Kier alpha value is -5.92. The van der Waals surface area contributed by atoms with E-state index in [4.69, 9.17) is 23.2 Å². The van der Waals surface area contributed by atoms with Crippen LogP contribution in [0.2, 0.25) is 18.1 Å². The van der Waals surface area contributed by atoms with E-state index in [0.29, 0.717) is 6.07 Å². The highest BCUT2D eigenvalue weighted by Gasteiger charge is 2.68. The fraction of sp³-hybridized carbons (Fsp3) is 0.490. The molecule has 0 saturated carbocycles. The number of hydrogen-bond acceptors (Lipinski definition) is 14. The van der Waals surface area contributed by atoms with Crippen LogP contribution >= 0.6 is 0 Å². The van der Waals surface area contributed by atoms with E-state index in [1.54, 1.807) is 36.4 Å². The lowest BCUT2D eigenvalue weighted by atomic mass is 9.58. The number of amides is 2. The number of benzene rings is 2. The number of Topliss-reactive ketones (excluding diaryl/α,β-unsaturated/α-hetero) is 2. The second-order valence-corrected chi connectivity index (χ2v) is 25.4. The average Bonchev–Trinajstić information content (AvgIpc) is 3.61. The van der Waals surface area contributed by atoms with Crippen LogP contribution < -0.4 is 14.4 Å². The molecule has 0 radical (unpaired) electrons. The minimum absolute atomic E-state index is 0.0434. The monoisotopic (exact) mass is 967 g/mol. The van der Waals surface area contributed by atoms with Crippen LogP contribution in [0.1, 0.15) is 112 Å². The van der Waals surface area contributed by atoms with Gasteiger partial charge in [0.05, 0.1) is 11.6 Å². The number of carbonyl (C=O) groups excluding carboxylic acids is 4. The van der Waals surface area contributed by atoms with Crippen molar-refractivity contribution in [1.82, 2.24) is 10.1 Å². The van der Waals surface area contributed by atoms with E-state index in [-0.39, 0.29) is 48.2 Å². The maximum atomic E-state index is 15.8. The van der Waals surface area contributed by atoms with Gasteiger partial charge in [-0.25, -0.2) is 9.59 Å². The van der Waals surface area contributed by atoms with Crippen molar-refractivity contribution < 1.29 is 70.5 Å². The molecule has 3 aliphatic carbocycles. The highest BCUT2D eigenvalue weighted by atomic mass is 28.4. The number of aromatic hydroxyl groups is 1. The topological polar surface area (TPSA) is 187 Å². The molecular weight excluding hydrogens is 908 g/mol. The van der Waals surface area contributed by atoms with Crippen LogP contribution in [0.3, 0.4) is 0 Å². The number of fused-ring (bicyclic) bond motifs is 4. The van der Waals surface area contributed by atoms with Crippen LogP contribution in [0.4, 0.5) is 28.4 Å². The number of aromatic nitrogens is 1. The molecule has 0 spiro atoms. The lowest BCUT2D eigenvalue weighted by Gasteiger charge is -2.55. The van der Waals surface area contributed by atoms with E-state index in [1.807, 2.05) is 44.8 Å². The van der Waals surface area contributed by atoms with E-state index >= 15 is 9.59 Å². The third-order valence-electron chi connectivity index (χ3n) is 12.4. The molecule has 68 heavy (non-hydrogen) atoms. The summed E-state index contributed by atoms with van der Waals surface area (Å²) < 4.78 is 78.1. The van der Waals surface area contributed by atoms with Gasteiger partial charge in [0.15, 0.2) is 31.2 Å². The van der Waals surface area contributed by atoms with Crippen molar-refractivity contribution in [2.24, 2.45) is 11.8 Å². The van der Waals surface area contributed by atoms with Crippen LogP contribution in [-0.4, -0.2) is 88.6 Å². The SMILES string of the molecule is C=CCN(CC=C)[C@@H]1c2onc(OCc3ccccc3)c2C(=O)C2(O[Si](C)(C)C(C)(C)C)C(O)=C3C(=O)c4c(O)c(N(C(=O)OC(C)(C)C)C(=O)OC(C)(C)C)cc(OC(F)(F)F)c4C[C@H]3C[C@@H]12. The Balaban J connectivity index is 1.67. The third-order valence-corrected chi connectivity index (χ3v) is 16.9. The number of hydrogen-bond donors (Lipinski definition) is 2. The number of aliphatic hydroxyl groups excluding tert-OH is 1. The smallest absolute Gasteiger partial charge is 0.508 e. The number of allylic oxidation sites excluding steroid dienone is 1. The molecule has 0 aliphatic heterocycles. The second-order valence-electron chi connectivity index (χ2n) is 20.7. The average molecular weight is 968 g/mol. The molecule has 3 aliphatic rings. The minimum atomic E-state index is -5.40. The first-order valence-electron chi connectivity index (χ1n) is 22.1. The maximum absolute atomic E-state index is 15.8. The van der Waals surface area contributed by atoms with Crippen molar-refractivity contribution in [3.8, 4) is 17.4 Å². The van der Waals surface area contributed by atoms with Crippen LogP contribution in [0.5, 0.6) is 17.4 Å². The molecule has 1 aromatic heterocycles. The molecular formula is C49H60F3N3O12Si. The number of halogens is 3. The van der Waals surface area contributed by atoms with Crippen LogP contribution in [0.25, 0.3) is 0 Å². The number of ether oxygens (including phenoxy) is 4. The van der Waals surface area contributed by atoms with Crippen molar-refractivity contribution in [1.29, 1.82) is 0 Å². The highest BCUT2D eigenvalue weighted by Crippen LogP contribution is 2.61. The van der Waals surface area contributed by atoms with Crippen molar-refractivity contribution in [2.75, 3.05) is 18.0 Å². The Morgan fingerprint density at radius 2 is 1.50 bits per heavy atom. The molecule has 2 aromatic carbocycles. The van der Waals surface area contributed by atoms with E-state index in [2.05, 4.69) is 23.1 Å². The molecule has 368 valence electrons. The summed E-state index contributed by atoms with van der Waals surface area (Å²) in [7, 11) is -3.25. The Labute approximate surface area is 394 Å². The first kappa shape index (κ1) is 51.5. The number of ketones is 2. The van der Waals surface area contributed by atoms with Crippen molar-refractivity contribution >= 4 is 37.8 Å². The van der Waals surface area contributed by atoms with Crippen LogP contribution in [0.15, 0.2) is 77.6 Å². The molecule has 0 saturated heterocycles. The standard InChI is InChI=1S/C49H60F3N3O12Si/c1-14-21-54(22-15-2)36-30-24-28-23-29-32(63-49(50,51)52)25-31(55(43(60)64-45(3,4)5)44(61)65-46(6,7)8)37(56)34(29)38(57)33(28)40(58)48(30,67-68(12,13)47(9,10)11)41(59)35-39(36)66-53-42(35)62-26-27-19-17-16-18-20-27/h14-20,25,28,30,36,56,58H,1-2,21-24,26H2,3-13H3/t28-,30-,36-,48?/m0/s1. The molecule has 3 aromatic rings. The number of carbonyl (C=O) groups is 4. The number of alkyl halides is 3. The number of anilines is 1. The van der Waals surface area contributed by atoms with Crippen LogP contribution in [-0.2, 0) is 26.9 Å².